The standard InChI is InChI=1S/C21H25N5O4/c1-4-21(12-27,20(22)29)24-19(28)18-16-9-15(7-8-17(16)25-26(18)3)30-11-14-6-5-13(2)23-10-14/h5-10,27H,4,11-12H2,1-3H3,(H2,22,29)(H,24,28). The van der Waals surface area contributed by atoms with E-state index < -0.39 is 24.0 Å². The predicted molar refractivity (Wildman–Crippen MR) is 111 cm³/mol. The van der Waals surface area contributed by atoms with Crippen molar-refractivity contribution in [2.24, 2.45) is 12.8 Å². The molecule has 0 saturated carbocycles. The summed E-state index contributed by atoms with van der Waals surface area (Å²) >= 11 is 0. The molecule has 1 aromatic carbocycles. The highest BCUT2D eigenvalue weighted by atomic mass is 16.5. The topological polar surface area (TPSA) is 132 Å². The molecule has 158 valence electrons. The number of nitrogens with one attached hydrogen (secondary N) is 1. The second-order valence-corrected chi connectivity index (χ2v) is 7.16. The van der Waals surface area contributed by atoms with Crippen LogP contribution in [0.4, 0.5) is 0 Å². The molecular weight excluding hydrogens is 386 g/mol. The first-order valence-electron chi connectivity index (χ1n) is 9.54. The van der Waals surface area contributed by atoms with Crippen LogP contribution in [0.1, 0.15) is 35.1 Å². The number of aryl methyl sites for hydroxylation is 2. The third kappa shape index (κ3) is 4.11. The Hall–Kier alpha value is -3.46. The summed E-state index contributed by atoms with van der Waals surface area (Å²) in [6, 6.07) is 9.09. The molecule has 9 heteroatoms. The number of carbonyl (C=O) groups excluding carboxylic acids is 2. The van der Waals surface area contributed by atoms with Crippen molar-refractivity contribution in [3.63, 3.8) is 0 Å². The molecule has 0 radical (unpaired) electrons. The summed E-state index contributed by atoms with van der Waals surface area (Å²) in [5, 5.41) is 17.1. The Morgan fingerprint density at radius 1 is 1.30 bits per heavy atom. The lowest BCUT2D eigenvalue weighted by Crippen LogP contribution is -2.59. The van der Waals surface area contributed by atoms with Crippen LogP contribution in [0.5, 0.6) is 5.75 Å². The van der Waals surface area contributed by atoms with Crippen molar-refractivity contribution < 1.29 is 19.4 Å². The number of hydrogen-bond acceptors (Lipinski definition) is 6. The number of pyridine rings is 1. The molecule has 3 rings (SSSR count). The van der Waals surface area contributed by atoms with Gasteiger partial charge < -0.3 is 20.9 Å². The number of aliphatic hydroxyl groups is 1. The van der Waals surface area contributed by atoms with E-state index in [-0.39, 0.29) is 12.1 Å². The normalized spacial score (nSPS) is 13.1. The lowest BCUT2D eigenvalue weighted by Gasteiger charge is -2.28. The summed E-state index contributed by atoms with van der Waals surface area (Å²) in [6.07, 6.45) is 1.90. The number of rotatable bonds is 8. The lowest BCUT2D eigenvalue weighted by molar-refractivity contribution is -0.125. The van der Waals surface area contributed by atoms with E-state index >= 15 is 0 Å². The maximum Gasteiger partial charge on any atom is 0.271 e. The number of carbonyl (C=O) groups is 2. The Balaban J connectivity index is 1.88. The fourth-order valence-electron chi connectivity index (χ4n) is 3.12. The van der Waals surface area contributed by atoms with Gasteiger partial charge in [0.2, 0.25) is 5.91 Å². The molecular formula is C21H25N5O4. The maximum absolute atomic E-state index is 13.0. The van der Waals surface area contributed by atoms with Gasteiger partial charge in [0.05, 0.1) is 12.1 Å². The van der Waals surface area contributed by atoms with Crippen LogP contribution in [0.25, 0.3) is 10.9 Å². The molecule has 0 aliphatic carbocycles. The number of hydrogen-bond donors (Lipinski definition) is 3. The molecule has 0 fully saturated rings. The molecule has 1 unspecified atom stereocenters. The van der Waals surface area contributed by atoms with Crippen LogP contribution in [-0.2, 0) is 18.4 Å². The van der Waals surface area contributed by atoms with E-state index in [9.17, 15) is 14.7 Å². The molecule has 2 aromatic heterocycles. The second kappa shape index (κ2) is 8.50. The van der Waals surface area contributed by atoms with E-state index in [0.717, 1.165) is 11.3 Å². The van der Waals surface area contributed by atoms with Crippen molar-refractivity contribution in [2.45, 2.75) is 32.4 Å². The molecule has 0 spiro atoms. The zero-order valence-electron chi connectivity index (χ0n) is 17.2. The molecule has 0 aliphatic rings. The highest BCUT2D eigenvalue weighted by molar-refractivity contribution is 6.07. The predicted octanol–water partition coefficient (Wildman–Crippen LogP) is 1.21. The van der Waals surface area contributed by atoms with Gasteiger partial charge in [-0.3, -0.25) is 19.3 Å². The summed E-state index contributed by atoms with van der Waals surface area (Å²) in [7, 11) is 1.63. The van der Waals surface area contributed by atoms with Gasteiger partial charge in [0, 0.05) is 29.9 Å². The smallest absolute Gasteiger partial charge is 0.271 e. The number of primary amides is 1. The molecule has 1 atom stereocenters. The Bertz CT molecular complexity index is 1070. The first-order chi connectivity index (χ1) is 14.3. The number of ether oxygens (including phenoxy) is 1. The summed E-state index contributed by atoms with van der Waals surface area (Å²) in [6.45, 7) is 3.30. The SMILES string of the molecule is CCC(CO)(NC(=O)c1c2cc(OCc3ccc(C)nc3)ccc2nn1C)C(N)=O. The number of nitrogens with two attached hydrogens (primary N) is 1. The summed E-state index contributed by atoms with van der Waals surface area (Å²) in [4.78, 5) is 29.0. The van der Waals surface area contributed by atoms with Gasteiger partial charge >= 0.3 is 0 Å². The van der Waals surface area contributed by atoms with E-state index in [0.29, 0.717) is 23.3 Å². The van der Waals surface area contributed by atoms with Gasteiger partial charge in [-0.05, 0) is 37.6 Å². The van der Waals surface area contributed by atoms with Crippen molar-refractivity contribution >= 4 is 22.7 Å². The van der Waals surface area contributed by atoms with Crippen molar-refractivity contribution in [2.75, 3.05) is 6.61 Å². The first kappa shape index (κ1) is 21.3. The van der Waals surface area contributed by atoms with E-state index in [1.165, 1.54) is 4.68 Å². The van der Waals surface area contributed by atoms with E-state index in [1.54, 1.807) is 38.4 Å². The highest BCUT2D eigenvalue weighted by Crippen LogP contribution is 2.25. The molecule has 0 aliphatic heterocycles. The number of aromatic nitrogens is 3. The minimum Gasteiger partial charge on any atom is -0.489 e. The maximum atomic E-state index is 13.0. The number of aliphatic hydroxyl groups excluding tert-OH is 1. The lowest BCUT2D eigenvalue weighted by atomic mass is 9.96. The average molecular weight is 411 g/mol. The van der Waals surface area contributed by atoms with Crippen LogP contribution in [0, 0.1) is 6.92 Å². The molecule has 9 nitrogen and oxygen atoms in total. The van der Waals surface area contributed by atoms with Crippen LogP contribution < -0.4 is 15.8 Å². The minimum atomic E-state index is -1.54. The Kier molecular flexibility index (Phi) is 6.02. The fraction of sp³-hybridized carbons (Fsp3) is 0.333. The number of amides is 2. The van der Waals surface area contributed by atoms with Crippen LogP contribution in [0.15, 0.2) is 36.5 Å². The van der Waals surface area contributed by atoms with Gasteiger partial charge in [0.15, 0.2) is 0 Å². The van der Waals surface area contributed by atoms with E-state index in [1.807, 2.05) is 19.1 Å². The number of fused-ring (bicyclic) bond motifs is 1. The summed E-state index contributed by atoms with van der Waals surface area (Å²) in [5.74, 6) is -0.804. The van der Waals surface area contributed by atoms with Gasteiger partial charge in [-0.15, -0.1) is 0 Å². The zero-order chi connectivity index (χ0) is 21.9. The molecule has 2 heterocycles. The van der Waals surface area contributed by atoms with Crippen molar-refractivity contribution in [1.82, 2.24) is 20.1 Å². The van der Waals surface area contributed by atoms with Crippen LogP contribution in [0.2, 0.25) is 0 Å². The van der Waals surface area contributed by atoms with E-state index in [2.05, 4.69) is 15.4 Å². The number of nitrogens with zero attached hydrogens (tertiary/aromatic N) is 3. The Labute approximate surface area is 173 Å². The van der Waals surface area contributed by atoms with Crippen LogP contribution >= 0.6 is 0 Å². The van der Waals surface area contributed by atoms with Crippen molar-refractivity contribution in [3.05, 3.63) is 53.5 Å². The van der Waals surface area contributed by atoms with Gasteiger partial charge in [0.25, 0.3) is 5.91 Å². The van der Waals surface area contributed by atoms with Crippen LogP contribution in [-0.4, -0.2) is 43.8 Å². The minimum absolute atomic E-state index is 0.152. The zero-order valence-corrected chi connectivity index (χ0v) is 17.2. The van der Waals surface area contributed by atoms with E-state index in [4.69, 9.17) is 10.5 Å². The van der Waals surface area contributed by atoms with Gasteiger partial charge in [-0.2, -0.15) is 5.10 Å². The van der Waals surface area contributed by atoms with Gasteiger partial charge in [-0.1, -0.05) is 13.0 Å². The monoisotopic (exact) mass is 411 g/mol. The first-order valence-corrected chi connectivity index (χ1v) is 9.54. The van der Waals surface area contributed by atoms with Crippen molar-refractivity contribution in [3.8, 4) is 5.75 Å². The summed E-state index contributed by atoms with van der Waals surface area (Å²) in [5.41, 5.74) is 6.54. The Morgan fingerprint density at radius 3 is 2.67 bits per heavy atom. The molecule has 0 saturated heterocycles. The molecule has 4 N–H and O–H groups in total. The van der Waals surface area contributed by atoms with Gasteiger partial charge in [-0.25, -0.2) is 0 Å². The second-order valence-electron chi connectivity index (χ2n) is 7.16. The fourth-order valence-corrected chi connectivity index (χ4v) is 3.12. The molecule has 30 heavy (non-hydrogen) atoms. The summed E-state index contributed by atoms with van der Waals surface area (Å²) < 4.78 is 7.27. The van der Waals surface area contributed by atoms with Crippen LogP contribution in [0.3, 0.4) is 0 Å². The largest absolute Gasteiger partial charge is 0.489 e. The highest BCUT2D eigenvalue weighted by Gasteiger charge is 2.37. The molecule has 0 bridgehead atoms. The van der Waals surface area contributed by atoms with Gasteiger partial charge in [0.1, 0.15) is 23.6 Å². The molecule has 2 amide bonds. The third-order valence-electron chi connectivity index (χ3n) is 5.10. The Morgan fingerprint density at radius 2 is 2.07 bits per heavy atom. The number of benzene rings is 1. The van der Waals surface area contributed by atoms with Crippen molar-refractivity contribution in [1.29, 1.82) is 0 Å². The molecule has 3 aromatic rings. The third-order valence-corrected chi connectivity index (χ3v) is 5.10. The quantitative estimate of drug-likeness (QED) is 0.510. The average Bonchev–Trinajstić information content (AvgIpc) is 3.06.